The fourth-order valence-electron chi connectivity index (χ4n) is 2.25. The van der Waals surface area contributed by atoms with E-state index in [1.807, 2.05) is 20.2 Å². The lowest BCUT2D eigenvalue weighted by Crippen LogP contribution is -2.29. The topological polar surface area (TPSA) is 24.5 Å². The molecule has 1 atom stereocenters. The maximum absolute atomic E-state index is 13.7. The Hall–Kier alpha value is -0.620. The first kappa shape index (κ1) is 15.8. The van der Waals surface area contributed by atoms with Gasteiger partial charge in [0.15, 0.2) is 0 Å². The molecule has 1 aromatic carbocycles. The van der Waals surface area contributed by atoms with Crippen LogP contribution in [0.2, 0.25) is 0 Å². The number of ether oxygens (including phenoxy) is 1. The number of rotatable bonds is 7. The third-order valence-corrected chi connectivity index (χ3v) is 4.50. The van der Waals surface area contributed by atoms with E-state index in [1.54, 1.807) is 23.9 Å². The number of thioether (sulfide) groups is 1. The van der Waals surface area contributed by atoms with E-state index in [1.165, 1.54) is 0 Å². The van der Waals surface area contributed by atoms with E-state index < -0.39 is 0 Å². The molecule has 0 saturated carbocycles. The van der Waals surface area contributed by atoms with Crippen molar-refractivity contribution in [2.24, 2.45) is 0 Å². The number of hydrogen-bond acceptors (Lipinski definition) is 4. The zero-order valence-corrected chi connectivity index (χ0v) is 13.0. The molecule has 0 fully saturated rings. The Kier molecular flexibility index (Phi) is 6.29. The Balaban J connectivity index is 1.76. The van der Waals surface area contributed by atoms with Crippen LogP contribution >= 0.6 is 11.8 Å². The van der Waals surface area contributed by atoms with Crippen molar-refractivity contribution in [3.8, 4) is 0 Å². The summed E-state index contributed by atoms with van der Waals surface area (Å²) in [6.07, 6.45) is 1.04. The normalized spacial score (nSPS) is 18.3. The molecule has 0 amide bonds. The molecule has 1 aliphatic rings. The van der Waals surface area contributed by atoms with Crippen LogP contribution in [0.4, 0.5) is 4.39 Å². The fraction of sp³-hybridized carbons (Fsp3) is 0.600. The Morgan fingerprint density at radius 2 is 2.25 bits per heavy atom. The lowest BCUT2D eigenvalue weighted by atomic mass is 10.0. The van der Waals surface area contributed by atoms with Gasteiger partial charge in [0, 0.05) is 24.0 Å². The van der Waals surface area contributed by atoms with Crippen LogP contribution < -0.4 is 5.32 Å². The highest BCUT2D eigenvalue weighted by Crippen LogP contribution is 2.37. The summed E-state index contributed by atoms with van der Waals surface area (Å²) >= 11 is 1.62. The molecular formula is C15H23FN2OS. The third kappa shape index (κ3) is 4.45. The van der Waals surface area contributed by atoms with Gasteiger partial charge in [-0.1, -0.05) is 12.1 Å². The highest BCUT2D eigenvalue weighted by molar-refractivity contribution is 7.99. The van der Waals surface area contributed by atoms with E-state index in [4.69, 9.17) is 4.74 Å². The van der Waals surface area contributed by atoms with Crippen LogP contribution in [0, 0.1) is 5.82 Å². The average molecular weight is 298 g/mol. The Labute approximate surface area is 124 Å². The minimum Gasteiger partial charge on any atom is -0.379 e. The number of benzene rings is 1. The summed E-state index contributed by atoms with van der Waals surface area (Å²) in [7, 11) is 4.07. The molecule has 1 unspecified atom stereocenters. The lowest BCUT2D eigenvalue weighted by molar-refractivity contribution is 0.117. The number of nitrogens with zero attached hydrogens (tertiary/aromatic N) is 1. The van der Waals surface area contributed by atoms with Gasteiger partial charge in [-0.05, 0) is 37.9 Å². The SMILES string of the molecule is CN(C)CCOCCNC1CCSc2c(F)cccc21. The van der Waals surface area contributed by atoms with Crippen molar-refractivity contribution in [1.29, 1.82) is 0 Å². The van der Waals surface area contributed by atoms with Crippen LogP contribution in [0.1, 0.15) is 18.0 Å². The zero-order chi connectivity index (χ0) is 14.4. The van der Waals surface area contributed by atoms with Crippen molar-refractivity contribution < 1.29 is 9.13 Å². The maximum atomic E-state index is 13.7. The molecule has 112 valence electrons. The van der Waals surface area contributed by atoms with Gasteiger partial charge in [-0.25, -0.2) is 4.39 Å². The molecule has 0 bridgehead atoms. The summed E-state index contributed by atoms with van der Waals surface area (Å²) < 4.78 is 19.3. The average Bonchev–Trinajstić information content (AvgIpc) is 2.43. The fourth-order valence-corrected chi connectivity index (χ4v) is 3.39. The molecule has 3 nitrogen and oxygen atoms in total. The minimum atomic E-state index is -0.0961. The van der Waals surface area contributed by atoms with Crippen molar-refractivity contribution in [3.63, 3.8) is 0 Å². The number of fused-ring (bicyclic) bond motifs is 1. The second-order valence-electron chi connectivity index (χ2n) is 5.22. The van der Waals surface area contributed by atoms with Gasteiger partial charge >= 0.3 is 0 Å². The van der Waals surface area contributed by atoms with Gasteiger partial charge in [-0.2, -0.15) is 0 Å². The first-order chi connectivity index (χ1) is 9.68. The van der Waals surface area contributed by atoms with E-state index >= 15 is 0 Å². The highest BCUT2D eigenvalue weighted by Gasteiger charge is 2.22. The standard InChI is InChI=1S/C15H23FN2OS/c1-18(2)8-10-19-9-7-17-14-6-11-20-15-12(14)4-3-5-13(15)16/h3-5,14,17H,6-11H2,1-2H3. The molecule has 5 heteroatoms. The summed E-state index contributed by atoms with van der Waals surface area (Å²) in [5, 5.41) is 3.47. The van der Waals surface area contributed by atoms with Gasteiger partial charge in [-0.3, -0.25) is 0 Å². The Morgan fingerprint density at radius 1 is 1.40 bits per heavy atom. The highest BCUT2D eigenvalue weighted by atomic mass is 32.2. The number of likely N-dealkylation sites (N-methyl/N-ethyl adjacent to an activating group) is 1. The number of halogens is 1. The molecule has 0 spiro atoms. The van der Waals surface area contributed by atoms with Crippen LogP contribution in [0.15, 0.2) is 23.1 Å². The number of hydrogen-bond donors (Lipinski definition) is 1. The summed E-state index contributed by atoms with van der Waals surface area (Å²) in [6, 6.07) is 5.61. The first-order valence-electron chi connectivity index (χ1n) is 7.05. The molecule has 0 saturated heterocycles. The summed E-state index contributed by atoms with van der Waals surface area (Å²) in [4.78, 5) is 2.91. The Morgan fingerprint density at radius 3 is 3.05 bits per heavy atom. The van der Waals surface area contributed by atoms with Crippen LogP contribution in [-0.4, -0.2) is 51.1 Å². The second-order valence-corrected chi connectivity index (χ2v) is 6.32. The van der Waals surface area contributed by atoms with Gasteiger partial charge in [0.1, 0.15) is 5.82 Å². The minimum absolute atomic E-state index is 0.0961. The van der Waals surface area contributed by atoms with Gasteiger partial charge in [0.2, 0.25) is 0 Å². The maximum Gasteiger partial charge on any atom is 0.137 e. The van der Waals surface area contributed by atoms with Gasteiger partial charge in [0.25, 0.3) is 0 Å². The molecule has 1 heterocycles. The van der Waals surface area contributed by atoms with Crippen molar-refractivity contribution >= 4 is 11.8 Å². The summed E-state index contributed by atoms with van der Waals surface area (Å²) in [6.45, 7) is 3.19. The largest absolute Gasteiger partial charge is 0.379 e. The van der Waals surface area contributed by atoms with Crippen molar-refractivity contribution in [2.75, 3.05) is 46.2 Å². The van der Waals surface area contributed by atoms with Crippen molar-refractivity contribution in [3.05, 3.63) is 29.6 Å². The first-order valence-corrected chi connectivity index (χ1v) is 8.04. The van der Waals surface area contributed by atoms with E-state index in [9.17, 15) is 4.39 Å². The van der Waals surface area contributed by atoms with Crippen LogP contribution in [-0.2, 0) is 4.74 Å². The van der Waals surface area contributed by atoms with Crippen molar-refractivity contribution in [2.45, 2.75) is 17.4 Å². The molecule has 2 rings (SSSR count). The zero-order valence-electron chi connectivity index (χ0n) is 12.2. The molecule has 0 radical (unpaired) electrons. The summed E-state index contributed by atoms with van der Waals surface area (Å²) in [5.41, 5.74) is 1.09. The molecule has 20 heavy (non-hydrogen) atoms. The quantitative estimate of drug-likeness (QED) is 0.782. The van der Waals surface area contributed by atoms with Gasteiger partial charge in [0.05, 0.1) is 13.2 Å². The molecule has 1 aromatic rings. The third-order valence-electron chi connectivity index (χ3n) is 3.35. The van der Waals surface area contributed by atoms with Gasteiger partial charge < -0.3 is 15.0 Å². The monoisotopic (exact) mass is 298 g/mol. The van der Waals surface area contributed by atoms with Crippen LogP contribution in [0.5, 0.6) is 0 Å². The smallest absolute Gasteiger partial charge is 0.137 e. The number of nitrogens with one attached hydrogen (secondary N) is 1. The summed E-state index contributed by atoms with van der Waals surface area (Å²) in [5.74, 6) is 0.869. The van der Waals surface area contributed by atoms with Crippen molar-refractivity contribution in [1.82, 2.24) is 10.2 Å². The van der Waals surface area contributed by atoms with E-state index in [-0.39, 0.29) is 11.9 Å². The molecule has 0 aliphatic carbocycles. The van der Waals surface area contributed by atoms with E-state index in [0.29, 0.717) is 6.61 Å². The molecule has 0 aromatic heterocycles. The second kappa shape index (κ2) is 7.98. The molecule has 1 aliphatic heterocycles. The van der Waals surface area contributed by atoms with E-state index in [2.05, 4.69) is 10.2 Å². The molecule has 1 N–H and O–H groups in total. The molecular weight excluding hydrogens is 275 g/mol. The van der Waals surface area contributed by atoms with Gasteiger partial charge in [-0.15, -0.1) is 11.8 Å². The predicted octanol–water partition coefficient (Wildman–Crippen LogP) is 2.53. The predicted molar refractivity (Wildman–Crippen MR) is 81.9 cm³/mol. The lowest BCUT2D eigenvalue weighted by Gasteiger charge is -2.26. The van der Waals surface area contributed by atoms with E-state index in [0.717, 1.165) is 42.3 Å². The van der Waals surface area contributed by atoms with Crippen LogP contribution in [0.25, 0.3) is 0 Å². The Bertz CT molecular complexity index is 428. The van der Waals surface area contributed by atoms with Crippen LogP contribution in [0.3, 0.4) is 0 Å².